The molecule has 0 radical (unpaired) electrons. The molecule has 0 aromatic rings. The van der Waals surface area contributed by atoms with Crippen LogP contribution in [0, 0.1) is 5.92 Å². The molecular weight excluding hydrogens is 220 g/mol. The van der Waals surface area contributed by atoms with E-state index in [2.05, 4.69) is 10.2 Å². The summed E-state index contributed by atoms with van der Waals surface area (Å²) in [6, 6.07) is 1.39. The van der Waals surface area contributed by atoms with Gasteiger partial charge in [-0.25, -0.2) is 0 Å². The molecule has 0 aromatic carbocycles. The Labute approximate surface area is 100 Å². The smallest absolute Gasteiger partial charge is 0.0249 e. The van der Waals surface area contributed by atoms with Gasteiger partial charge in [0.1, 0.15) is 0 Å². The molecule has 3 atom stereocenters. The van der Waals surface area contributed by atoms with Gasteiger partial charge >= 0.3 is 0 Å². The highest BCUT2D eigenvalue weighted by atomic mass is 32.2. The average molecular weight is 242 g/mol. The zero-order valence-electron chi connectivity index (χ0n) is 9.86. The summed E-state index contributed by atoms with van der Waals surface area (Å²) in [6.45, 7) is 3.92. The summed E-state index contributed by atoms with van der Waals surface area (Å²) in [6.07, 6.45) is 4.96. The molecule has 0 aromatic heterocycles. The Hall–Kier alpha value is 0.0700. The van der Waals surface area contributed by atoms with Gasteiger partial charge in [0.05, 0.1) is 0 Å². The monoisotopic (exact) mass is 242 g/mol. The minimum Gasteiger partial charge on any atom is -0.311 e. The van der Waals surface area contributed by atoms with Crippen LogP contribution in [0.4, 0.5) is 0 Å². The third kappa shape index (κ3) is 2.34. The van der Waals surface area contributed by atoms with E-state index in [1.807, 2.05) is 0 Å². The van der Waals surface area contributed by atoms with Gasteiger partial charge in [0.25, 0.3) is 0 Å². The molecule has 3 aliphatic rings. The van der Waals surface area contributed by atoms with Gasteiger partial charge in [-0.1, -0.05) is 0 Å². The topological polar surface area (TPSA) is 32.3 Å². The number of hydrogen-bond donors (Lipinski definition) is 1. The number of piperidine rings is 1. The zero-order chi connectivity index (χ0) is 11.0. The highest BCUT2D eigenvalue weighted by Gasteiger charge is 2.35. The third-order valence-corrected chi connectivity index (χ3v) is 5.85. The second kappa shape index (κ2) is 4.75. The Morgan fingerprint density at radius 1 is 1.06 bits per heavy atom. The quantitative estimate of drug-likeness (QED) is 0.769. The van der Waals surface area contributed by atoms with Crippen LogP contribution in [0.15, 0.2) is 0 Å². The number of rotatable bonds is 2. The number of fused-ring (bicyclic) bond motifs is 2. The third-order valence-electron chi connectivity index (χ3n) is 4.47. The fourth-order valence-electron chi connectivity index (χ4n) is 3.43. The summed E-state index contributed by atoms with van der Waals surface area (Å²) >= 11 is 0. The Morgan fingerprint density at radius 2 is 1.81 bits per heavy atom. The molecule has 16 heavy (non-hydrogen) atoms. The standard InChI is InChI=1S/C12H22N2OS/c15-16-7-3-11(4-8-16)13-12-2-6-14-5-1-10(12)9-14/h10-13H,1-9H2. The number of hydrogen-bond acceptors (Lipinski definition) is 3. The Kier molecular flexibility index (Phi) is 3.32. The first-order valence-corrected chi connectivity index (χ1v) is 8.13. The van der Waals surface area contributed by atoms with Crippen LogP contribution in [0.2, 0.25) is 0 Å². The molecule has 3 nitrogen and oxygen atoms in total. The van der Waals surface area contributed by atoms with Crippen LogP contribution < -0.4 is 5.32 Å². The lowest BCUT2D eigenvalue weighted by atomic mass is 9.93. The van der Waals surface area contributed by atoms with E-state index in [0.717, 1.165) is 36.3 Å². The highest BCUT2D eigenvalue weighted by Crippen LogP contribution is 2.28. The maximum absolute atomic E-state index is 11.3. The predicted octanol–water partition coefficient (Wildman–Crippen LogP) is 0.581. The largest absolute Gasteiger partial charge is 0.311 e. The minimum atomic E-state index is -0.518. The van der Waals surface area contributed by atoms with Gasteiger partial charge < -0.3 is 10.2 Å². The second-order valence-corrected chi connectivity index (χ2v) is 7.23. The minimum absolute atomic E-state index is 0.518. The van der Waals surface area contributed by atoms with E-state index in [1.165, 1.54) is 32.5 Å². The summed E-state index contributed by atoms with van der Waals surface area (Å²) in [5.74, 6) is 2.73. The summed E-state index contributed by atoms with van der Waals surface area (Å²) in [7, 11) is -0.518. The molecule has 3 unspecified atom stereocenters. The van der Waals surface area contributed by atoms with Crippen molar-refractivity contribution in [3.8, 4) is 0 Å². The molecule has 3 aliphatic heterocycles. The van der Waals surface area contributed by atoms with Crippen molar-refractivity contribution in [1.82, 2.24) is 10.2 Å². The Balaban J connectivity index is 1.52. The van der Waals surface area contributed by atoms with Gasteiger partial charge in [-0.3, -0.25) is 4.21 Å². The zero-order valence-corrected chi connectivity index (χ0v) is 10.7. The van der Waals surface area contributed by atoms with Gasteiger partial charge in [0.15, 0.2) is 0 Å². The first-order valence-electron chi connectivity index (χ1n) is 6.64. The van der Waals surface area contributed by atoms with Crippen LogP contribution in [-0.4, -0.2) is 52.3 Å². The molecule has 3 rings (SSSR count). The van der Waals surface area contributed by atoms with Crippen LogP contribution in [0.25, 0.3) is 0 Å². The van der Waals surface area contributed by atoms with Crippen molar-refractivity contribution in [3.05, 3.63) is 0 Å². The molecule has 3 saturated heterocycles. The van der Waals surface area contributed by atoms with E-state index >= 15 is 0 Å². The van der Waals surface area contributed by atoms with Crippen molar-refractivity contribution in [1.29, 1.82) is 0 Å². The Morgan fingerprint density at radius 3 is 2.62 bits per heavy atom. The van der Waals surface area contributed by atoms with Crippen LogP contribution >= 0.6 is 0 Å². The van der Waals surface area contributed by atoms with E-state index in [0.29, 0.717) is 6.04 Å². The van der Waals surface area contributed by atoms with E-state index in [1.54, 1.807) is 0 Å². The molecule has 3 heterocycles. The Bertz CT molecular complexity index is 274. The van der Waals surface area contributed by atoms with Gasteiger partial charge in [0.2, 0.25) is 0 Å². The molecule has 4 heteroatoms. The van der Waals surface area contributed by atoms with Crippen molar-refractivity contribution in [2.75, 3.05) is 31.1 Å². The van der Waals surface area contributed by atoms with E-state index in [4.69, 9.17) is 0 Å². The highest BCUT2D eigenvalue weighted by molar-refractivity contribution is 7.85. The maximum atomic E-state index is 11.3. The van der Waals surface area contributed by atoms with Crippen molar-refractivity contribution in [2.45, 2.75) is 37.8 Å². The fourth-order valence-corrected chi connectivity index (χ4v) is 4.73. The van der Waals surface area contributed by atoms with Gasteiger partial charge in [-0.05, 0) is 44.7 Å². The lowest BCUT2D eigenvalue weighted by molar-refractivity contribution is 0.207. The van der Waals surface area contributed by atoms with Crippen molar-refractivity contribution >= 4 is 10.8 Å². The van der Waals surface area contributed by atoms with E-state index in [-0.39, 0.29) is 0 Å². The normalized spacial score (nSPS) is 48.1. The van der Waals surface area contributed by atoms with Gasteiger partial charge in [0, 0.05) is 40.9 Å². The van der Waals surface area contributed by atoms with Crippen LogP contribution in [-0.2, 0) is 10.8 Å². The molecule has 0 aliphatic carbocycles. The molecule has 2 bridgehead atoms. The first-order chi connectivity index (χ1) is 7.81. The SMILES string of the molecule is O=S1CCC(NC2CCN3CCC2C3)CC1. The van der Waals surface area contributed by atoms with Crippen LogP contribution in [0.3, 0.4) is 0 Å². The molecular formula is C12H22N2OS. The first kappa shape index (κ1) is 11.2. The van der Waals surface area contributed by atoms with Crippen LogP contribution in [0.1, 0.15) is 25.7 Å². The van der Waals surface area contributed by atoms with Crippen molar-refractivity contribution < 1.29 is 4.21 Å². The van der Waals surface area contributed by atoms with E-state index in [9.17, 15) is 4.21 Å². The van der Waals surface area contributed by atoms with Gasteiger partial charge in [-0.15, -0.1) is 0 Å². The fraction of sp³-hybridized carbons (Fsp3) is 1.00. The number of nitrogens with one attached hydrogen (secondary N) is 1. The number of nitrogens with zero attached hydrogens (tertiary/aromatic N) is 1. The van der Waals surface area contributed by atoms with Crippen LogP contribution in [0.5, 0.6) is 0 Å². The lowest BCUT2D eigenvalue weighted by Gasteiger charge is -2.35. The summed E-state index contributed by atoms with van der Waals surface area (Å²) in [5, 5.41) is 3.84. The van der Waals surface area contributed by atoms with Crippen molar-refractivity contribution in [3.63, 3.8) is 0 Å². The molecule has 92 valence electrons. The molecule has 3 fully saturated rings. The predicted molar refractivity (Wildman–Crippen MR) is 67.0 cm³/mol. The molecule has 1 N–H and O–H groups in total. The lowest BCUT2D eigenvalue weighted by Crippen LogP contribution is -2.49. The maximum Gasteiger partial charge on any atom is 0.0249 e. The summed E-state index contributed by atoms with van der Waals surface area (Å²) < 4.78 is 11.3. The molecule has 0 amide bonds. The molecule has 0 saturated carbocycles. The van der Waals surface area contributed by atoms with Crippen molar-refractivity contribution in [2.24, 2.45) is 5.92 Å². The molecule has 0 spiro atoms. The summed E-state index contributed by atoms with van der Waals surface area (Å²) in [4.78, 5) is 2.60. The summed E-state index contributed by atoms with van der Waals surface area (Å²) in [5.41, 5.74) is 0. The average Bonchev–Trinajstić information content (AvgIpc) is 2.69. The second-order valence-electron chi connectivity index (χ2n) is 5.53. The van der Waals surface area contributed by atoms with Gasteiger partial charge in [-0.2, -0.15) is 0 Å². The van der Waals surface area contributed by atoms with E-state index < -0.39 is 10.8 Å².